The summed E-state index contributed by atoms with van der Waals surface area (Å²) in [4.78, 5) is 24.5. The van der Waals surface area contributed by atoms with Crippen LogP contribution in [0.25, 0.3) is 0 Å². The summed E-state index contributed by atoms with van der Waals surface area (Å²) in [6.45, 7) is 6.08. The molecular formula is C28H37F5NO7S+. The predicted molar refractivity (Wildman–Crippen MR) is 141 cm³/mol. The van der Waals surface area contributed by atoms with Crippen molar-refractivity contribution in [1.82, 2.24) is 0 Å². The second kappa shape index (κ2) is 11.5. The number of ether oxygens (including phenoxy) is 2. The fourth-order valence-corrected chi connectivity index (χ4v) is 7.14. The highest BCUT2D eigenvalue weighted by Crippen LogP contribution is 2.65. The van der Waals surface area contributed by atoms with Crippen LogP contribution in [0.2, 0.25) is 0 Å². The average molecular weight is 627 g/mol. The fraction of sp³-hybridized carbons (Fsp3) is 0.643. The molecule has 3 unspecified atom stereocenters. The molecule has 0 spiro atoms. The summed E-state index contributed by atoms with van der Waals surface area (Å²) >= 11 is 0. The molecule has 4 saturated carbocycles. The lowest BCUT2D eigenvalue weighted by Crippen LogP contribution is -2.64. The van der Waals surface area contributed by atoms with Crippen molar-refractivity contribution in [3.05, 3.63) is 48.6 Å². The maximum Gasteiger partial charge on any atom is 0.432 e. The summed E-state index contributed by atoms with van der Waals surface area (Å²) < 4.78 is 108. The van der Waals surface area contributed by atoms with Crippen molar-refractivity contribution in [3.8, 4) is 0 Å². The molecule has 1 aromatic rings. The summed E-state index contributed by atoms with van der Waals surface area (Å²) in [5.41, 5.74) is -1.15. The summed E-state index contributed by atoms with van der Waals surface area (Å²) in [7, 11) is 0.0854. The first-order chi connectivity index (χ1) is 19.0. The van der Waals surface area contributed by atoms with Gasteiger partial charge in [-0.15, -0.1) is 0 Å². The number of carbonyl (C=O) groups is 2. The van der Waals surface area contributed by atoms with E-state index in [0.717, 1.165) is 17.1 Å². The van der Waals surface area contributed by atoms with E-state index in [0.29, 0.717) is 12.8 Å². The molecular weight excluding hydrogens is 589 g/mol. The van der Waals surface area contributed by atoms with Crippen LogP contribution in [-0.2, 0) is 35.7 Å². The van der Waals surface area contributed by atoms with E-state index in [-0.39, 0.29) is 25.2 Å². The van der Waals surface area contributed by atoms with Crippen LogP contribution in [0, 0.1) is 23.2 Å². The third kappa shape index (κ3) is 7.13. The van der Waals surface area contributed by atoms with Crippen molar-refractivity contribution >= 4 is 22.1 Å². The maximum atomic E-state index is 13.8. The minimum atomic E-state index is -6.52. The van der Waals surface area contributed by atoms with Gasteiger partial charge in [0.2, 0.25) is 0 Å². The zero-order chi connectivity index (χ0) is 31.9. The van der Waals surface area contributed by atoms with E-state index < -0.39 is 62.4 Å². The van der Waals surface area contributed by atoms with Crippen LogP contribution in [0.4, 0.5) is 22.0 Å². The predicted octanol–water partition coefficient (Wildman–Crippen LogP) is 5.15. The highest BCUT2D eigenvalue weighted by atomic mass is 32.2. The number of hydrogen-bond donors (Lipinski definition) is 1. The highest BCUT2D eigenvalue weighted by molar-refractivity contribution is 7.86. The zero-order valence-corrected chi connectivity index (χ0v) is 24.7. The van der Waals surface area contributed by atoms with Gasteiger partial charge in [-0.1, -0.05) is 36.9 Å². The molecule has 0 aliphatic heterocycles. The third-order valence-electron chi connectivity index (χ3n) is 8.40. The lowest BCUT2D eigenvalue weighted by molar-refractivity contribution is -0.884. The number of carbonyl (C=O) groups excluding carboxylic acids is 2. The van der Waals surface area contributed by atoms with Crippen molar-refractivity contribution in [2.24, 2.45) is 23.2 Å². The molecule has 8 nitrogen and oxygen atoms in total. The molecule has 4 fully saturated rings. The lowest BCUT2D eigenvalue weighted by atomic mass is 9.45. The van der Waals surface area contributed by atoms with Gasteiger partial charge < -0.3 is 14.0 Å². The van der Waals surface area contributed by atoms with Crippen molar-refractivity contribution in [2.75, 3.05) is 21.1 Å². The van der Waals surface area contributed by atoms with Gasteiger partial charge in [-0.3, -0.25) is 9.35 Å². The van der Waals surface area contributed by atoms with E-state index in [9.17, 15) is 40.0 Å². The second-order valence-electron chi connectivity index (χ2n) is 12.7. The zero-order valence-electron chi connectivity index (χ0n) is 23.9. The molecule has 14 heteroatoms. The SMILES string of the molecule is C=CC(=O)OC1(C)C2CC3CC1CC(C(=O)OC(C(F)(F)F)C(F)(F)S(=O)(=O)O)(C3)C2.C[N+](C)(C)Cc1ccccc1. The van der Waals surface area contributed by atoms with Gasteiger partial charge in [-0.25, -0.2) is 4.79 Å². The summed E-state index contributed by atoms with van der Waals surface area (Å²) in [6.07, 6.45) is -8.35. The van der Waals surface area contributed by atoms with E-state index in [1.54, 1.807) is 6.92 Å². The normalized spacial score (nSPS) is 29.6. The van der Waals surface area contributed by atoms with Gasteiger partial charge in [0, 0.05) is 23.5 Å². The third-order valence-corrected chi connectivity index (χ3v) is 9.30. The first-order valence-corrected chi connectivity index (χ1v) is 14.8. The number of alkyl halides is 5. The van der Waals surface area contributed by atoms with Crippen LogP contribution in [0.15, 0.2) is 43.0 Å². The van der Waals surface area contributed by atoms with Crippen molar-refractivity contribution in [1.29, 1.82) is 0 Å². The number of benzene rings is 1. The molecule has 42 heavy (non-hydrogen) atoms. The van der Waals surface area contributed by atoms with Crippen LogP contribution < -0.4 is 0 Å². The van der Waals surface area contributed by atoms with Crippen LogP contribution in [0.5, 0.6) is 0 Å². The van der Waals surface area contributed by atoms with Gasteiger partial charge in [0.1, 0.15) is 12.1 Å². The monoisotopic (exact) mass is 626 g/mol. The Morgan fingerprint density at radius 1 is 1.07 bits per heavy atom. The topological polar surface area (TPSA) is 107 Å². The van der Waals surface area contributed by atoms with E-state index >= 15 is 0 Å². The number of halogens is 5. The molecule has 0 heterocycles. The Labute approximate surface area is 242 Å². The summed E-state index contributed by atoms with van der Waals surface area (Å²) in [6, 6.07) is 10.6. The Balaban J connectivity index is 0.000000369. The molecule has 4 bridgehead atoms. The number of nitrogens with zero attached hydrogens (tertiary/aromatic N) is 1. The average Bonchev–Trinajstić information content (AvgIpc) is 2.83. The Morgan fingerprint density at radius 2 is 1.60 bits per heavy atom. The fourth-order valence-electron chi connectivity index (χ4n) is 6.69. The number of hydrogen-bond acceptors (Lipinski definition) is 6. The summed E-state index contributed by atoms with van der Waals surface area (Å²) in [5, 5.41) is -5.78. The minimum Gasteiger partial charge on any atom is -0.456 e. The molecule has 3 atom stereocenters. The standard InChI is InChI=1S/C18H21F5O7S.C10H16N/c1-3-12(24)30-15(2)10-4-9-5-11(15)8-16(6-9,7-10)14(25)29-13(17(19,20)21)18(22,23)31(26,27)28;1-11(2,3)9-10-7-5-4-6-8-10/h3,9-11,13H,1,4-8H2,2H3,(H,26,27,28);4-8H,9H2,1-3H3/q;+1. The van der Waals surface area contributed by atoms with Gasteiger partial charge >= 0.3 is 33.5 Å². The van der Waals surface area contributed by atoms with Gasteiger partial charge in [0.05, 0.1) is 26.6 Å². The minimum absolute atomic E-state index is 0.0677. The second-order valence-corrected chi connectivity index (χ2v) is 14.2. The Morgan fingerprint density at radius 3 is 2.02 bits per heavy atom. The first-order valence-electron chi connectivity index (χ1n) is 13.4. The molecule has 1 N–H and O–H groups in total. The molecule has 4 aliphatic carbocycles. The smallest absolute Gasteiger partial charge is 0.432 e. The Hall–Kier alpha value is -2.58. The van der Waals surface area contributed by atoms with Crippen molar-refractivity contribution in [2.45, 2.75) is 68.7 Å². The van der Waals surface area contributed by atoms with E-state index in [1.807, 2.05) is 0 Å². The quantitative estimate of drug-likeness (QED) is 0.140. The van der Waals surface area contributed by atoms with Crippen molar-refractivity contribution in [3.63, 3.8) is 0 Å². The first kappa shape index (κ1) is 33.9. The molecule has 1 aromatic carbocycles. The highest BCUT2D eigenvalue weighted by Gasteiger charge is 2.69. The molecule has 4 aliphatic rings. The number of esters is 2. The molecule has 0 radical (unpaired) electrons. The molecule has 0 saturated heterocycles. The van der Waals surface area contributed by atoms with Gasteiger partial charge in [0.15, 0.2) is 0 Å². The number of rotatable bonds is 8. The Kier molecular flexibility index (Phi) is 9.28. The van der Waals surface area contributed by atoms with Crippen LogP contribution >= 0.6 is 0 Å². The Bertz CT molecular complexity index is 1260. The maximum absolute atomic E-state index is 13.8. The van der Waals surface area contributed by atoms with Crippen LogP contribution in [0.1, 0.15) is 44.6 Å². The largest absolute Gasteiger partial charge is 0.456 e. The van der Waals surface area contributed by atoms with Gasteiger partial charge in [-0.05, 0) is 44.9 Å². The molecule has 0 amide bonds. The molecule has 5 rings (SSSR count). The van der Waals surface area contributed by atoms with Gasteiger partial charge in [-0.2, -0.15) is 30.4 Å². The molecule has 236 valence electrons. The van der Waals surface area contributed by atoms with E-state index in [4.69, 9.17) is 9.29 Å². The van der Waals surface area contributed by atoms with E-state index in [1.165, 1.54) is 5.56 Å². The van der Waals surface area contributed by atoms with Crippen LogP contribution in [-0.4, -0.2) is 73.7 Å². The van der Waals surface area contributed by atoms with E-state index in [2.05, 4.69) is 62.8 Å². The van der Waals surface area contributed by atoms with Crippen molar-refractivity contribution < 1.29 is 58.5 Å². The van der Waals surface area contributed by atoms with Gasteiger partial charge in [0.25, 0.3) is 6.10 Å². The number of quaternary nitrogens is 1. The lowest BCUT2D eigenvalue weighted by Gasteiger charge is -2.62. The van der Waals surface area contributed by atoms with Crippen LogP contribution in [0.3, 0.4) is 0 Å². The summed E-state index contributed by atoms with van der Waals surface area (Å²) in [5.74, 6) is -3.28. The molecule has 0 aromatic heterocycles.